The lowest BCUT2D eigenvalue weighted by atomic mass is 9.95. The van der Waals surface area contributed by atoms with Crippen molar-refractivity contribution in [3.8, 4) is 0 Å². The Balaban J connectivity index is 1.96. The van der Waals surface area contributed by atoms with Crippen molar-refractivity contribution in [2.75, 3.05) is 20.3 Å². The molecule has 0 saturated heterocycles. The van der Waals surface area contributed by atoms with Gasteiger partial charge in [0.05, 0.1) is 18.3 Å². The maximum absolute atomic E-state index is 5.21. The van der Waals surface area contributed by atoms with E-state index in [1.807, 2.05) is 12.1 Å². The fraction of sp³-hybridized carbons (Fsp3) is 0.538. The largest absolute Gasteiger partial charge is 0.384 e. The molecule has 2 aromatic rings. The molecule has 0 bridgehead atoms. The fourth-order valence-corrected chi connectivity index (χ4v) is 2.55. The minimum atomic E-state index is 0.142. The third kappa shape index (κ3) is 3.25. The number of ether oxygens (including phenoxy) is 1. The molecule has 0 aliphatic heterocycles. The van der Waals surface area contributed by atoms with Gasteiger partial charge < -0.3 is 10.1 Å². The highest BCUT2D eigenvalue weighted by Gasteiger charge is 2.17. The summed E-state index contributed by atoms with van der Waals surface area (Å²) in [6, 6.07) is 6.12. The van der Waals surface area contributed by atoms with E-state index in [9.17, 15) is 0 Å². The Hall–Kier alpha value is -1.04. The summed E-state index contributed by atoms with van der Waals surface area (Å²) in [5.74, 6) is 0. The summed E-state index contributed by atoms with van der Waals surface area (Å²) in [5, 5.41) is 3.47. The Morgan fingerprint density at radius 3 is 2.94 bits per heavy atom. The van der Waals surface area contributed by atoms with Crippen LogP contribution in [0.4, 0.5) is 0 Å². The number of fused-ring (bicyclic) bond motifs is 1. The molecule has 1 aromatic carbocycles. The van der Waals surface area contributed by atoms with Crippen LogP contribution in [0.15, 0.2) is 18.2 Å². The monoisotopic (exact) mass is 265 g/mol. The molecule has 0 aliphatic rings. The molecular formula is C13H19N3OS. The summed E-state index contributed by atoms with van der Waals surface area (Å²) in [6.07, 6.45) is 0. The minimum Gasteiger partial charge on any atom is -0.384 e. The molecule has 0 atom stereocenters. The van der Waals surface area contributed by atoms with Crippen molar-refractivity contribution in [3.63, 3.8) is 0 Å². The van der Waals surface area contributed by atoms with Gasteiger partial charge in [0.2, 0.25) is 0 Å². The second-order valence-electron chi connectivity index (χ2n) is 5.25. The number of hydrogen-bond donors (Lipinski definition) is 1. The number of nitrogens with zero attached hydrogens (tertiary/aromatic N) is 2. The van der Waals surface area contributed by atoms with Gasteiger partial charge in [-0.1, -0.05) is 26.0 Å². The first-order valence-electron chi connectivity index (χ1n) is 6.02. The average Bonchev–Trinajstić information content (AvgIpc) is 2.77. The van der Waals surface area contributed by atoms with E-state index in [1.54, 1.807) is 7.11 Å². The first-order chi connectivity index (χ1) is 8.62. The first-order valence-corrected chi connectivity index (χ1v) is 6.75. The molecule has 98 valence electrons. The van der Waals surface area contributed by atoms with E-state index >= 15 is 0 Å². The Morgan fingerprint density at radius 2 is 2.17 bits per heavy atom. The number of nitrogens with one attached hydrogen (secondary N) is 1. The zero-order chi connectivity index (χ0) is 13.0. The van der Waals surface area contributed by atoms with Crippen molar-refractivity contribution >= 4 is 22.8 Å². The predicted molar refractivity (Wildman–Crippen MR) is 74.8 cm³/mol. The molecule has 1 aromatic heterocycles. The molecule has 18 heavy (non-hydrogen) atoms. The van der Waals surface area contributed by atoms with Crippen LogP contribution in [0.3, 0.4) is 0 Å². The van der Waals surface area contributed by atoms with Crippen LogP contribution in [0, 0.1) is 5.41 Å². The second-order valence-corrected chi connectivity index (χ2v) is 5.78. The summed E-state index contributed by atoms with van der Waals surface area (Å²) < 4.78 is 13.8. The molecule has 0 amide bonds. The highest BCUT2D eigenvalue weighted by Crippen LogP contribution is 2.17. The van der Waals surface area contributed by atoms with Gasteiger partial charge in [-0.2, -0.15) is 8.75 Å². The van der Waals surface area contributed by atoms with Gasteiger partial charge in [0, 0.05) is 25.6 Å². The Bertz CT molecular complexity index is 510. The van der Waals surface area contributed by atoms with E-state index in [2.05, 4.69) is 34.0 Å². The third-order valence-electron chi connectivity index (χ3n) is 2.82. The normalized spacial score (nSPS) is 12.2. The maximum atomic E-state index is 5.21. The molecule has 0 radical (unpaired) electrons. The van der Waals surface area contributed by atoms with Crippen LogP contribution < -0.4 is 5.32 Å². The quantitative estimate of drug-likeness (QED) is 0.871. The van der Waals surface area contributed by atoms with Crippen molar-refractivity contribution in [2.24, 2.45) is 5.41 Å². The number of aromatic nitrogens is 2. The standard InChI is InChI=1S/C13H19N3OS/c1-13(2,9-17-3)8-14-7-10-5-4-6-11-12(10)16-18-15-11/h4-6,14H,7-9H2,1-3H3. The van der Waals surface area contributed by atoms with Crippen molar-refractivity contribution in [2.45, 2.75) is 20.4 Å². The minimum absolute atomic E-state index is 0.142. The Kier molecular flexibility index (Phi) is 4.27. The molecule has 5 heteroatoms. The number of benzene rings is 1. The molecule has 0 aliphatic carbocycles. The van der Waals surface area contributed by atoms with E-state index in [0.29, 0.717) is 0 Å². The van der Waals surface area contributed by atoms with Crippen LogP contribution in [0.25, 0.3) is 11.0 Å². The van der Waals surface area contributed by atoms with E-state index in [-0.39, 0.29) is 5.41 Å². The van der Waals surface area contributed by atoms with Gasteiger partial charge in [-0.3, -0.25) is 0 Å². The van der Waals surface area contributed by atoms with Gasteiger partial charge in [-0.15, -0.1) is 0 Å². The van der Waals surface area contributed by atoms with Crippen molar-refractivity contribution in [1.29, 1.82) is 0 Å². The van der Waals surface area contributed by atoms with Crippen molar-refractivity contribution in [1.82, 2.24) is 14.1 Å². The van der Waals surface area contributed by atoms with E-state index in [4.69, 9.17) is 4.74 Å². The second kappa shape index (κ2) is 5.73. The van der Waals surface area contributed by atoms with E-state index in [0.717, 1.165) is 30.7 Å². The van der Waals surface area contributed by atoms with Crippen molar-refractivity contribution < 1.29 is 4.74 Å². The summed E-state index contributed by atoms with van der Waals surface area (Å²) in [7, 11) is 1.74. The Morgan fingerprint density at radius 1 is 1.33 bits per heavy atom. The van der Waals surface area contributed by atoms with Gasteiger partial charge in [-0.05, 0) is 11.6 Å². The summed E-state index contributed by atoms with van der Waals surface area (Å²) >= 11 is 1.27. The van der Waals surface area contributed by atoms with Crippen LogP contribution in [0.1, 0.15) is 19.4 Å². The van der Waals surface area contributed by atoms with Gasteiger partial charge in [0.1, 0.15) is 11.0 Å². The van der Waals surface area contributed by atoms with Gasteiger partial charge >= 0.3 is 0 Å². The highest BCUT2D eigenvalue weighted by atomic mass is 32.1. The fourth-order valence-electron chi connectivity index (χ4n) is 1.98. The lowest BCUT2D eigenvalue weighted by molar-refractivity contribution is 0.103. The molecular weight excluding hydrogens is 246 g/mol. The van der Waals surface area contributed by atoms with Gasteiger partial charge in [0.25, 0.3) is 0 Å². The molecule has 1 heterocycles. The van der Waals surface area contributed by atoms with E-state index < -0.39 is 0 Å². The third-order valence-corrected chi connectivity index (χ3v) is 3.37. The van der Waals surface area contributed by atoms with Gasteiger partial charge in [0.15, 0.2) is 0 Å². The molecule has 0 saturated carbocycles. The molecule has 4 nitrogen and oxygen atoms in total. The lowest BCUT2D eigenvalue weighted by Crippen LogP contribution is -2.32. The van der Waals surface area contributed by atoms with Crippen LogP contribution in [0.2, 0.25) is 0 Å². The average molecular weight is 265 g/mol. The first kappa shape index (κ1) is 13.4. The van der Waals surface area contributed by atoms with Crippen LogP contribution >= 0.6 is 11.7 Å². The highest BCUT2D eigenvalue weighted by molar-refractivity contribution is 7.00. The van der Waals surface area contributed by atoms with Gasteiger partial charge in [-0.25, -0.2) is 0 Å². The van der Waals surface area contributed by atoms with Crippen molar-refractivity contribution in [3.05, 3.63) is 23.8 Å². The topological polar surface area (TPSA) is 47.0 Å². The molecule has 0 unspecified atom stereocenters. The molecule has 2 rings (SSSR count). The van der Waals surface area contributed by atoms with E-state index in [1.165, 1.54) is 17.3 Å². The van der Waals surface area contributed by atoms with Crippen LogP contribution in [0.5, 0.6) is 0 Å². The predicted octanol–water partition coefficient (Wildman–Crippen LogP) is 2.45. The summed E-state index contributed by atoms with van der Waals surface area (Å²) in [6.45, 7) is 6.86. The molecule has 0 spiro atoms. The summed E-state index contributed by atoms with van der Waals surface area (Å²) in [5.41, 5.74) is 3.34. The SMILES string of the molecule is COCC(C)(C)CNCc1cccc2nsnc12. The zero-order valence-corrected chi connectivity index (χ0v) is 11.9. The summed E-state index contributed by atoms with van der Waals surface area (Å²) in [4.78, 5) is 0. The molecule has 1 N–H and O–H groups in total. The maximum Gasteiger partial charge on any atom is 0.109 e. The smallest absolute Gasteiger partial charge is 0.109 e. The lowest BCUT2D eigenvalue weighted by Gasteiger charge is -2.23. The number of rotatable bonds is 6. The Labute approximate surface area is 112 Å². The van der Waals surface area contributed by atoms with Crippen LogP contribution in [-0.4, -0.2) is 29.0 Å². The number of hydrogen-bond acceptors (Lipinski definition) is 5. The van der Waals surface area contributed by atoms with Crippen LogP contribution in [-0.2, 0) is 11.3 Å². The zero-order valence-electron chi connectivity index (χ0n) is 11.1. The molecule has 0 fully saturated rings. The number of methoxy groups -OCH3 is 1.